The maximum absolute atomic E-state index is 11.9. The molecule has 0 fully saturated rings. The summed E-state index contributed by atoms with van der Waals surface area (Å²) in [5, 5.41) is 10.0. The second-order valence-electron chi connectivity index (χ2n) is 7.42. The minimum Gasteiger partial charge on any atom is -0.389 e. The molecule has 0 amide bonds. The number of carbonyl (C=O) groups is 1. The summed E-state index contributed by atoms with van der Waals surface area (Å²) in [6.45, 7) is 10.3. The van der Waals surface area contributed by atoms with E-state index in [4.69, 9.17) is 0 Å². The van der Waals surface area contributed by atoms with Crippen molar-refractivity contribution in [3.05, 3.63) is 35.5 Å². The average Bonchev–Trinajstić information content (AvgIpc) is 2.43. The number of hydrogen-bond donors (Lipinski definition) is 1. The van der Waals surface area contributed by atoms with Crippen LogP contribution in [0.2, 0.25) is 0 Å². The van der Waals surface area contributed by atoms with Crippen LogP contribution in [0.4, 0.5) is 0 Å². The van der Waals surface area contributed by atoms with Gasteiger partial charge in [0.15, 0.2) is 0 Å². The molecule has 1 aliphatic carbocycles. The average molecular weight is 304 g/mol. The molecule has 0 saturated heterocycles. The van der Waals surface area contributed by atoms with E-state index in [1.807, 2.05) is 19.9 Å². The smallest absolute Gasteiger partial charge is 0.135 e. The topological polar surface area (TPSA) is 37.3 Å². The summed E-state index contributed by atoms with van der Waals surface area (Å²) in [6.07, 6.45) is 12.2. The predicted molar refractivity (Wildman–Crippen MR) is 93.7 cm³/mol. The Hall–Kier alpha value is -1.15. The van der Waals surface area contributed by atoms with Crippen LogP contribution in [0.3, 0.4) is 0 Å². The lowest BCUT2D eigenvalue weighted by Gasteiger charge is -2.25. The quantitative estimate of drug-likeness (QED) is 0.743. The van der Waals surface area contributed by atoms with Crippen LogP contribution in [0.25, 0.3) is 0 Å². The molecule has 0 heterocycles. The summed E-state index contributed by atoms with van der Waals surface area (Å²) < 4.78 is 0. The first kappa shape index (κ1) is 18.9. The summed E-state index contributed by atoms with van der Waals surface area (Å²) in [7, 11) is 0. The zero-order chi connectivity index (χ0) is 16.8. The molecule has 1 rings (SSSR count). The molecule has 0 saturated carbocycles. The van der Waals surface area contributed by atoms with E-state index in [1.54, 1.807) is 0 Å². The van der Waals surface area contributed by atoms with Gasteiger partial charge in [-0.1, -0.05) is 56.2 Å². The molecular formula is C20H32O2. The molecule has 0 aromatic heterocycles. The summed E-state index contributed by atoms with van der Waals surface area (Å²) >= 11 is 0. The number of hydrogen-bond acceptors (Lipinski definition) is 2. The van der Waals surface area contributed by atoms with Crippen molar-refractivity contribution in [1.82, 2.24) is 0 Å². The van der Waals surface area contributed by atoms with Crippen LogP contribution in [0.5, 0.6) is 0 Å². The molecule has 0 aromatic rings. The van der Waals surface area contributed by atoms with Crippen molar-refractivity contribution >= 4 is 5.78 Å². The van der Waals surface area contributed by atoms with E-state index in [-0.39, 0.29) is 11.3 Å². The number of Topliss-reactive ketones (excluding diaryl/α,β-unsaturated/α-hetero) is 1. The molecule has 0 unspecified atom stereocenters. The van der Waals surface area contributed by atoms with Crippen LogP contribution in [0, 0.1) is 11.3 Å². The molecule has 2 heteroatoms. The van der Waals surface area contributed by atoms with E-state index >= 15 is 0 Å². The molecule has 0 bridgehead atoms. The van der Waals surface area contributed by atoms with Gasteiger partial charge in [-0.25, -0.2) is 0 Å². The number of rotatable bonds is 4. The maximum Gasteiger partial charge on any atom is 0.135 e. The van der Waals surface area contributed by atoms with Crippen molar-refractivity contribution in [2.45, 2.75) is 72.8 Å². The standard InChI is InChI=1S/C20H32O2/c1-15(2)19(22)9-12-20(5)10-6-7-16(3)13-18(21)14-17(4)8-11-20/h6,8,10,13,15,18,21H,7,9,11-12,14H2,1-5H3/b10-6+,16-13+,17-8+/t18-,20-/m0/s1. The van der Waals surface area contributed by atoms with Gasteiger partial charge in [-0.2, -0.15) is 0 Å². The normalized spacial score (nSPS) is 33.3. The summed E-state index contributed by atoms with van der Waals surface area (Å²) in [5.74, 6) is 0.462. The second kappa shape index (κ2) is 8.47. The Kier molecular flexibility index (Phi) is 7.28. The number of aliphatic hydroxyl groups excluding tert-OH is 1. The van der Waals surface area contributed by atoms with E-state index in [0.29, 0.717) is 18.6 Å². The van der Waals surface area contributed by atoms with E-state index in [0.717, 1.165) is 19.3 Å². The lowest BCUT2D eigenvalue weighted by atomic mass is 9.79. The molecular weight excluding hydrogens is 272 g/mol. The second-order valence-corrected chi connectivity index (χ2v) is 7.42. The molecule has 0 aliphatic heterocycles. The van der Waals surface area contributed by atoms with Gasteiger partial charge < -0.3 is 5.11 Å². The third-order valence-corrected chi connectivity index (χ3v) is 4.47. The Morgan fingerprint density at radius 3 is 2.68 bits per heavy atom. The van der Waals surface area contributed by atoms with Crippen molar-refractivity contribution in [1.29, 1.82) is 0 Å². The van der Waals surface area contributed by atoms with Crippen LogP contribution < -0.4 is 0 Å². The Morgan fingerprint density at radius 1 is 1.36 bits per heavy atom. The summed E-state index contributed by atoms with van der Waals surface area (Å²) in [4.78, 5) is 11.9. The fraction of sp³-hybridized carbons (Fsp3) is 0.650. The Bertz CT molecular complexity index is 468. The molecule has 2 nitrogen and oxygen atoms in total. The summed E-state index contributed by atoms with van der Waals surface area (Å²) in [6, 6.07) is 0. The van der Waals surface area contributed by atoms with Gasteiger partial charge in [-0.05, 0) is 44.9 Å². The zero-order valence-electron chi connectivity index (χ0n) is 14.9. The number of allylic oxidation sites excluding steroid dienone is 4. The van der Waals surface area contributed by atoms with Crippen molar-refractivity contribution in [2.24, 2.45) is 11.3 Å². The third kappa shape index (κ3) is 6.74. The van der Waals surface area contributed by atoms with Crippen molar-refractivity contribution < 1.29 is 9.90 Å². The first-order valence-corrected chi connectivity index (χ1v) is 8.43. The van der Waals surface area contributed by atoms with Crippen LogP contribution >= 0.6 is 0 Å². The highest BCUT2D eigenvalue weighted by atomic mass is 16.3. The van der Waals surface area contributed by atoms with Crippen molar-refractivity contribution in [2.75, 3.05) is 0 Å². The molecule has 0 aromatic carbocycles. The highest BCUT2D eigenvalue weighted by Crippen LogP contribution is 2.32. The largest absolute Gasteiger partial charge is 0.389 e. The molecule has 1 aliphatic rings. The van der Waals surface area contributed by atoms with Gasteiger partial charge in [0, 0.05) is 12.3 Å². The first-order valence-electron chi connectivity index (χ1n) is 8.43. The van der Waals surface area contributed by atoms with Gasteiger partial charge in [-0.15, -0.1) is 0 Å². The van der Waals surface area contributed by atoms with E-state index in [2.05, 4.69) is 39.0 Å². The molecule has 1 N–H and O–H groups in total. The minimum atomic E-state index is -0.392. The van der Waals surface area contributed by atoms with E-state index in [9.17, 15) is 9.90 Å². The van der Waals surface area contributed by atoms with Crippen LogP contribution in [-0.2, 0) is 4.79 Å². The van der Waals surface area contributed by atoms with Gasteiger partial charge in [0.1, 0.15) is 5.78 Å². The number of aliphatic hydroxyl groups is 1. The lowest BCUT2D eigenvalue weighted by Crippen LogP contribution is -2.17. The maximum atomic E-state index is 11.9. The highest BCUT2D eigenvalue weighted by Gasteiger charge is 2.22. The zero-order valence-corrected chi connectivity index (χ0v) is 14.9. The van der Waals surface area contributed by atoms with E-state index in [1.165, 1.54) is 11.1 Å². The molecule has 124 valence electrons. The Balaban J connectivity index is 2.87. The number of carbonyl (C=O) groups excluding carboxylic acids is 1. The SMILES string of the molecule is C/C1=C\[C@H](O)C/C(C)=C/C[C@@](C)(CCC(=O)C(C)C)/C=C/C1. The molecule has 22 heavy (non-hydrogen) atoms. The van der Waals surface area contributed by atoms with Gasteiger partial charge in [0.2, 0.25) is 0 Å². The molecule has 2 atom stereocenters. The Morgan fingerprint density at radius 2 is 2.05 bits per heavy atom. The van der Waals surface area contributed by atoms with Gasteiger partial charge >= 0.3 is 0 Å². The van der Waals surface area contributed by atoms with Crippen LogP contribution in [0.1, 0.15) is 66.7 Å². The minimum absolute atomic E-state index is 0.0153. The monoisotopic (exact) mass is 304 g/mol. The predicted octanol–water partition coefficient (Wildman–Crippen LogP) is 4.99. The summed E-state index contributed by atoms with van der Waals surface area (Å²) in [5.41, 5.74) is 2.42. The Labute approximate surface area is 136 Å². The third-order valence-electron chi connectivity index (χ3n) is 4.47. The van der Waals surface area contributed by atoms with Gasteiger partial charge in [-0.3, -0.25) is 4.79 Å². The fourth-order valence-corrected chi connectivity index (χ4v) is 2.76. The van der Waals surface area contributed by atoms with Gasteiger partial charge in [0.05, 0.1) is 6.10 Å². The highest BCUT2D eigenvalue weighted by molar-refractivity contribution is 5.80. The van der Waals surface area contributed by atoms with Crippen LogP contribution in [0.15, 0.2) is 35.5 Å². The first-order chi connectivity index (χ1) is 10.2. The van der Waals surface area contributed by atoms with Crippen molar-refractivity contribution in [3.63, 3.8) is 0 Å². The molecule has 0 radical (unpaired) electrons. The van der Waals surface area contributed by atoms with Crippen LogP contribution in [-0.4, -0.2) is 17.0 Å². The van der Waals surface area contributed by atoms with Crippen molar-refractivity contribution in [3.8, 4) is 0 Å². The fourth-order valence-electron chi connectivity index (χ4n) is 2.76. The lowest BCUT2D eigenvalue weighted by molar-refractivity contribution is -0.122. The number of ketones is 1. The van der Waals surface area contributed by atoms with Gasteiger partial charge in [0.25, 0.3) is 0 Å². The molecule has 0 spiro atoms. The van der Waals surface area contributed by atoms with E-state index < -0.39 is 6.10 Å².